The van der Waals surface area contributed by atoms with Crippen LogP contribution in [0, 0.1) is 0 Å². The molecule has 1 amide bonds. The first kappa shape index (κ1) is 22.5. The lowest BCUT2D eigenvalue weighted by Crippen LogP contribution is -2.19. The van der Waals surface area contributed by atoms with Gasteiger partial charge in [0.15, 0.2) is 5.17 Å². The largest absolute Gasteiger partial charge is 0.489 e. The van der Waals surface area contributed by atoms with E-state index in [1.165, 1.54) is 17.3 Å². The van der Waals surface area contributed by atoms with Gasteiger partial charge in [0.05, 0.1) is 20.6 Å². The number of hydrogen-bond donors (Lipinski definition) is 1. The molecule has 4 nitrogen and oxygen atoms in total. The number of halogens is 2. The molecule has 1 heterocycles. The summed E-state index contributed by atoms with van der Waals surface area (Å²) >= 11 is 13.3. The van der Waals surface area contributed by atoms with Crippen molar-refractivity contribution in [3.63, 3.8) is 0 Å². The van der Waals surface area contributed by atoms with E-state index in [4.69, 9.17) is 27.9 Å². The zero-order valence-electron chi connectivity index (χ0n) is 17.3. The molecule has 0 aliphatic carbocycles. The Morgan fingerprint density at radius 3 is 2.38 bits per heavy atom. The predicted molar refractivity (Wildman–Crippen MR) is 134 cm³/mol. The maximum Gasteiger partial charge on any atom is 0.264 e. The summed E-state index contributed by atoms with van der Waals surface area (Å²) < 4.78 is 5.81. The third kappa shape index (κ3) is 5.74. The predicted octanol–water partition coefficient (Wildman–Crippen LogP) is 7.03. The van der Waals surface area contributed by atoms with Gasteiger partial charge in [0, 0.05) is 0 Å². The fourth-order valence-corrected chi connectivity index (χ4v) is 4.17. The van der Waals surface area contributed by atoms with Crippen molar-refractivity contribution in [3.05, 3.63) is 98.4 Å². The van der Waals surface area contributed by atoms with Crippen LogP contribution in [0.25, 0.3) is 6.08 Å². The van der Waals surface area contributed by atoms with Crippen molar-refractivity contribution < 1.29 is 9.53 Å². The number of thioether (sulfide) groups is 1. The van der Waals surface area contributed by atoms with Crippen LogP contribution in [0.1, 0.15) is 23.6 Å². The van der Waals surface area contributed by atoms with Crippen molar-refractivity contribution in [1.82, 2.24) is 5.32 Å². The van der Waals surface area contributed by atoms with Crippen LogP contribution in [0.2, 0.25) is 10.0 Å². The van der Waals surface area contributed by atoms with Gasteiger partial charge in [-0.1, -0.05) is 60.5 Å². The summed E-state index contributed by atoms with van der Waals surface area (Å²) in [5, 5.41) is 4.42. The quantitative estimate of drug-likeness (QED) is 0.383. The van der Waals surface area contributed by atoms with E-state index in [0.717, 1.165) is 29.0 Å². The zero-order chi connectivity index (χ0) is 22.5. The molecule has 1 aliphatic rings. The number of nitrogens with one attached hydrogen (secondary N) is 1. The van der Waals surface area contributed by atoms with Crippen molar-refractivity contribution in [2.45, 2.75) is 20.0 Å². The van der Waals surface area contributed by atoms with E-state index in [1.807, 2.05) is 60.7 Å². The lowest BCUT2D eigenvalue weighted by atomic mass is 10.2. The highest BCUT2D eigenvalue weighted by Gasteiger charge is 2.23. The maximum absolute atomic E-state index is 12.3. The Bertz CT molecular complexity index is 1190. The van der Waals surface area contributed by atoms with E-state index in [-0.39, 0.29) is 5.91 Å². The van der Waals surface area contributed by atoms with Crippen molar-refractivity contribution in [3.8, 4) is 5.75 Å². The van der Waals surface area contributed by atoms with Gasteiger partial charge in [-0.05, 0) is 77.3 Å². The number of carbonyl (C=O) groups excluding carboxylic acids is 1. The topological polar surface area (TPSA) is 50.7 Å². The molecule has 3 aromatic carbocycles. The molecule has 0 aromatic heterocycles. The molecular weight excluding hydrogens is 463 g/mol. The van der Waals surface area contributed by atoms with Crippen molar-refractivity contribution in [1.29, 1.82) is 0 Å². The summed E-state index contributed by atoms with van der Waals surface area (Å²) in [6, 6.07) is 21.0. The Hall–Kier alpha value is -2.73. The Labute approximate surface area is 201 Å². The minimum absolute atomic E-state index is 0.154. The van der Waals surface area contributed by atoms with Crippen LogP contribution in [0.4, 0.5) is 5.69 Å². The summed E-state index contributed by atoms with van der Waals surface area (Å²) in [6.07, 6.45) is 2.82. The molecule has 4 rings (SSSR count). The van der Waals surface area contributed by atoms with Crippen LogP contribution in [0.3, 0.4) is 0 Å². The molecule has 0 atom stereocenters. The molecule has 1 saturated heterocycles. The fourth-order valence-electron chi connectivity index (χ4n) is 3.01. The third-order valence-corrected chi connectivity index (χ3v) is 6.44. The van der Waals surface area contributed by atoms with Crippen LogP contribution in [0.5, 0.6) is 5.75 Å². The SMILES string of the molecule is CCc1ccc(N=C2NC(=O)/C(=C/c3ccc(OCc4ccc(Cl)c(Cl)c4)cc3)S2)cc1. The fraction of sp³-hybridized carbons (Fsp3) is 0.120. The average molecular weight is 483 g/mol. The molecule has 3 aromatic rings. The first-order valence-electron chi connectivity index (χ1n) is 10.1. The molecule has 0 spiro atoms. The molecule has 162 valence electrons. The number of aliphatic imine (C=N–C) groups is 1. The van der Waals surface area contributed by atoms with E-state index in [1.54, 1.807) is 12.1 Å². The van der Waals surface area contributed by atoms with Crippen LogP contribution in [-0.4, -0.2) is 11.1 Å². The highest BCUT2D eigenvalue weighted by atomic mass is 35.5. The number of benzene rings is 3. The number of hydrogen-bond acceptors (Lipinski definition) is 4. The summed E-state index contributed by atoms with van der Waals surface area (Å²) in [5.41, 5.74) is 3.90. The van der Waals surface area contributed by atoms with E-state index < -0.39 is 0 Å². The van der Waals surface area contributed by atoms with Crippen LogP contribution < -0.4 is 10.1 Å². The number of amides is 1. The lowest BCUT2D eigenvalue weighted by Gasteiger charge is -2.07. The summed E-state index contributed by atoms with van der Waals surface area (Å²) in [4.78, 5) is 17.5. The van der Waals surface area contributed by atoms with Gasteiger partial charge in [0.2, 0.25) is 0 Å². The van der Waals surface area contributed by atoms with Crippen molar-refractivity contribution >= 4 is 57.8 Å². The second kappa shape index (κ2) is 10.3. The second-order valence-corrected chi connectivity index (χ2v) is 8.95. The number of nitrogens with zero attached hydrogens (tertiary/aromatic N) is 1. The van der Waals surface area contributed by atoms with E-state index in [0.29, 0.717) is 26.7 Å². The number of aryl methyl sites for hydroxylation is 1. The van der Waals surface area contributed by atoms with Crippen molar-refractivity contribution in [2.75, 3.05) is 0 Å². The molecular formula is C25H20Cl2N2O2S. The Morgan fingerprint density at radius 2 is 1.69 bits per heavy atom. The molecule has 1 fully saturated rings. The minimum atomic E-state index is -0.154. The summed E-state index contributed by atoms with van der Waals surface area (Å²) in [5.74, 6) is 0.568. The van der Waals surface area contributed by atoms with E-state index in [2.05, 4.69) is 17.2 Å². The average Bonchev–Trinajstić information content (AvgIpc) is 3.14. The molecule has 1 N–H and O–H groups in total. The monoisotopic (exact) mass is 482 g/mol. The molecule has 0 unspecified atom stereocenters. The Morgan fingerprint density at radius 1 is 0.969 bits per heavy atom. The van der Waals surface area contributed by atoms with Gasteiger partial charge in [-0.3, -0.25) is 4.79 Å². The van der Waals surface area contributed by atoms with Crippen LogP contribution >= 0.6 is 35.0 Å². The third-order valence-electron chi connectivity index (χ3n) is 4.79. The number of ether oxygens (including phenoxy) is 1. The first-order chi connectivity index (χ1) is 15.5. The zero-order valence-corrected chi connectivity index (χ0v) is 19.6. The highest BCUT2D eigenvalue weighted by molar-refractivity contribution is 8.18. The summed E-state index contributed by atoms with van der Waals surface area (Å²) in [6.45, 7) is 2.49. The van der Waals surface area contributed by atoms with Crippen LogP contribution in [-0.2, 0) is 17.8 Å². The van der Waals surface area contributed by atoms with Gasteiger partial charge in [-0.15, -0.1) is 0 Å². The normalized spacial score (nSPS) is 15.9. The minimum Gasteiger partial charge on any atom is -0.489 e. The lowest BCUT2D eigenvalue weighted by molar-refractivity contribution is -0.115. The maximum atomic E-state index is 12.3. The number of amidine groups is 1. The number of rotatable bonds is 6. The summed E-state index contributed by atoms with van der Waals surface area (Å²) in [7, 11) is 0. The molecule has 1 aliphatic heterocycles. The van der Waals surface area contributed by atoms with Gasteiger partial charge in [-0.2, -0.15) is 0 Å². The Balaban J connectivity index is 1.39. The molecule has 0 radical (unpaired) electrons. The smallest absolute Gasteiger partial charge is 0.264 e. The first-order valence-corrected chi connectivity index (χ1v) is 11.6. The molecule has 0 saturated carbocycles. The van der Waals surface area contributed by atoms with Gasteiger partial charge in [0.1, 0.15) is 12.4 Å². The van der Waals surface area contributed by atoms with E-state index in [9.17, 15) is 4.79 Å². The standard InChI is InChI=1S/C25H20Cl2N2O2S/c1-2-16-3-8-19(9-4-16)28-25-29-24(30)23(32-25)14-17-5-10-20(11-6-17)31-15-18-7-12-21(26)22(27)13-18/h3-14H,2,15H2,1H3,(H,28,29,30)/b23-14-. The molecule has 7 heteroatoms. The number of carbonyl (C=O) groups is 1. The van der Waals surface area contributed by atoms with Gasteiger partial charge in [-0.25, -0.2) is 4.99 Å². The van der Waals surface area contributed by atoms with Gasteiger partial charge in [0.25, 0.3) is 5.91 Å². The molecule has 0 bridgehead atoms. The van der Waals surface area contributed by atoms with E-state index >= 15 is 0 Å². The van der Waals surface area contributed by atoms with Gasteiger partial charge < -0.3 is 10.1 Å². The molecule has 32 heavy (non-hydrogen) atoms. The van der Waals surface area contributed by atoms with Gasteiger partial charge >= 0.3 is 0 Å². The van der Waals surface area contributed by atoms with Crippen LogP contribution in [0.15, 0.2) is 76.6 Å². The second-order valence-electron chi connectivity index (χ2n) is 7.11. The Kier molecular flexibility index (Phi) is 7.20. The highest BCUT2D eigenvalue weighted by Crippen LogP contribution is 2.29. The van der Waals surface area contributed by atoms with Crippen molar-refractivity contribution in [2.24, 2.45) is 4.99 Å².